The number of benzene rings is 2. The molecule has 0 saturated carbocycles. The van der Waals surface area contributed by atoms with Gasteiger partial charge in [-0.05, 0) is 48.0 Å². The van der Waals surface area contributed by atoms with E-state index in [-0.39, 0.29) is 12.0 Å². The van der Waals surface area contributed by atoms with Crippen molar-refractivity contribution in [3.05, 3.63) is 78.1 Å². The first-order valence-electron chi connectivity index (χ1n) is 12.6. The van der Waals surface area contributed by atoms with E-state index in [4.69, 9.17) is 14.3 Å². The molecule has 10 heteroatoms. The van der Waals surface area contributed by atoms with E-state index in [1.165, 1.54) is 10.4 Å². The molecule has 1 N–H and O–H groups in total. The van der Waals surface area contributed by atoms with Crippen LogP contribution in [-0.4, -0.2) is 77.2 Å². The standard InChI is InChI=1S/C27H31N5O5/c33-26(22-4-2-21(3-5-22)20-30-16-18-35-19-17-30)29-23-6-8-24(9-7-23)36-27(34)31-14-10-25(11-15-31)37-32-13-1-12-28-32/h1-9,12-13,25H,10-11,14-20H2,(H,29,33). The first kappa shape index (κ1) is 24.8. The average molecular weight is 506 g/mol. The average Bonchev–Trinajstić information content (AvgIpc) is 3.44. The Balaban J connectivity index is 1.07. The van der Waals surface area contributed by atoms with Crippen molar-refractivity contribution in [3.8, 4) is 5.75 Å². The number of ether oxygens (including phenoxy) is 2. The van der Waals surface area contributed by atoms with Gasteiger partial charge in [-0.15, -0.1) is 9.94 Å². The second-order valence-electron chi connectivity index (χ2n) is 9.13. The minimum atomic E-state index is -0.397. The van der Waals surface area contributed by atoms with Crippen LogP contribution < -0.4 is 14.9 Å². The summed E-state index contributed by atoms with van der Waals surface area (Å²) in [7, 11) is 0. The Hall–Kier alpha value is -3.89. The van der Waals surface area contributed by atoms with E-state index in [2.05, 4.69) is 15.3 Å². The molecular formula is C27H31N5O5. The highest BCUT2D eigenvalue weighted by atomic mass is 16.7. The number of anilines is 1. The molecule has 0 bridgehead atoms. The molecule has 2 aliphatic heterocycles. The first-order valence-corrected chi connectivity index (χ1v) is 12.6. The van der Waals surface area contributed by atoms with Crippen LogP contribution in [-0.2, 0) is 11.3 Å². The molecular weight excluding hydrogens is 474 g/mol. The van der Waals surface area contributed by atoms with Gasteiger partial charge in [0.1, 0.15) is 11.9 Å². The quantitative estimate of drug-likeness (QED) is 0.527. The van der Waals surface area contributed by atoms with Gasteiger partial charge in [-0.3, -0.25) is 9.69 Å². The molecule has 2 aliphatic rings. The lowest BCUT2D eigenvalue weighted by Crippen LogP contribution is -2.44. The van der Waals surface area contributed by atoms with Crippen LogP contribution in [0.2, 0.25) is 0 Å². The van der Waals surface area contributed by atoms with Gasteiger partial charge in [0.25, 0.3) is 5.91 Å². The van der Waals surface area contributed by atoms with E-state index < -0.39 is 6.09 Å². The highest BCUT2D eigenvalue weighted by Crippen LogP contribution is 2.19. The number of piperidine rings is 1. The van der Waals surface area contributed by atoms with Crippen molar-refractivity contribution in [2.45, 2.75) is 25.5 Å². The van der Waals surface area contributed by atoms with Crippen LogP contribution in [0.4, 0.5) is 10.5 Å². The zero-order valence-corrected chi connectivity index (χ0v) is 20.6. The fourth-order valence-electron chi connectivity index (χ4n) is 4.37. The largest absolute Gasteiger partial charge is 0.415 e. The summed E-state index contributed by atoms with van der Waals surface area (Å²) in [6.45, 7) is 5.32. The highest BCUT2D eigenvalue weighted by molar-refractivity contribution is 6.04. The summed E-state index contributed by atoms with van der Waals surface area (Å²) in [5.41, 5.74) is 2.37. The SMILES string of the molecule is O=C(Nc1ccc(OC(=O)N2CCC(On3cccn3)CC2)cc1)c1ccc(CN2CCOCC2)cc1. The molecule has 2 saturated heterocycles. The van der Waals surface area contributed by atoms with Crippen molar-refractivity contribution in [1.82, 2.24) is 19.7 Å². The Morgan fingerprint density at radius 3 is 2.38 bits per heavy atom. The van der Waals surface area contributed by atoms with Gasteiger partial charge in [0.15, 0.2) is 0 Å². The fraction of sp³-hybridized carbons (Fsp3) is 0.370. The predicted molar refractivity (Wildman–Crippen MR) is 136 cm³/mol. The summed E-state index contributed by atoms with van der Waals surface area (Å²) in [4.78, 5) is 36.4. The van der Waals surface area contributed by atoms with Crippen molar-refractivity contribution < 1.29 is 23.9 Å². The number of aromatic nitrogens is 2. The molecule has 2 aromatic carbocycles. The van der Waals surface area contributed by atoms with Gasteiger partial charge in [0, 0.05) is 56.8 Å². The van der Waals surface area contributed by atoms with E-state index in [1.807, 2.05) is 24.3 Å². The molecule has 0 atom stereocenters. The Morgan fingerprint density at radius 1 is 0.973 bits per heavy atom. The van der Waals surface area contributed by atoms with Crippen LogP contribution in [0, 0.1) is 0 Å². The number of amides is 2. The maximum absolute atomic E-state index is 12.7. The third-order valence-electron chi connectivity index (χ3n) is 6.48. The second kappa shape index (κ2) is 11.9. The van der Waals surface area contributed by atoms with Crippen LogP contribution in [0.1, 0.15) is 28.8 Å². The lowest BCUT2D eigenvalue weighted by atomic mass is 10.1. The Kier molecular flexibility index (Phi) is 7.97. The number of hydrogen-bond acceptors (Lipinski definition) is 7. The second-order valence-corrected chi connectivity index (χ2v) is 9.13. The zero-order valence-electron chi connectivity index (χ0n) is 20.6. The normalized spacial score (nSPS) is 16.8. The van der Waals surface area contributed by atoms with Gasteiger partial charge >= 0.3 is 6.09 Å². The summed E-state index contributed by atoms with van der Waals surface area (Å²) < 4.78 is 10.9. The van der Waals surface area contributed by atoms with Crippen molar-refractivity contribution >= 4 is 17.7 Å². The monoisotopic (exact) mass is 505 g/mol. The smallest absolute Gasteiger partial charge is 0.410 e. The fourth-order valence-corrected chi connectivity index (χ4v) is 4.37. The Bertz CT molecular complexity index is 1150. The van der Waals surface area contributed by atoms with Gasteiger partial charge < -0.3 is 24.5 Å². The first-order chi connectivity index (χ1) is 18.1. The Labute approximate surface area is 215 Å². The van der Waals surface area contributed by atoms with E-state index in [1.54, 1.807) is 47.6 Å². The molecule has 5 rings (SSSR count). The number of carbonyl (C=O) groups is 2. The molecule has 0 unspecified atom stereocenters. The number of carbonyl (C=O) groups excluding carboxylic acids is 2. The van der Waals surface area contributed by atoms with E-state index in [9.17, 15) is 9.59 Å². The topological polar surface area (TPSA) is 98.2 Å². The third-order valence-corrected chi connectivity index (χ3v) is 6.48. The van der Waals surface area contributed by atoms with Crippen LogP contribution in [0.3, 0.4) is 0 Å². The maximum atomic E-state index is 12.7. The van der Waals surface area contributed by atoms with Gasteiger partial charge in [-0.25, -0.2) is 4.79 Å². The van der Waals surface area contributed by atoms with Crippen LogP contribution in [0.15, 0.2) is 67.0 Å². The molecule has 2 amide bonds. The van der Waals surface area contributed by atoms with E-state index >= 15 is 0 Å². The molecule has 0 radical (unpaired) electrons. The molecule has 1 aromatic heterocycles. The van der Waals surface area contributed by atoms with Gasteiger partial charge in [-0.1, -0.05) is 12.1 Å². The predicted octanol–water partition coefficient (Wildman–Crippen LogP) is 3.06. The molecule has 10 nitrogen and oxygen atoms in total. The number of likely N-dealkylation sites (tertiary alicyclic amines) is 1. The zero-order chi connectivity index (χ0) is 25.5. The van der Waals surface area contributed by atoms with Crippen LogP contribution in [0.5, 0.6) is 5.75 Å². The molecule has 0 spiro atoms. The maximum Gasteiger partial charge on any atom is 0.415 e. The molecule has 37 heavy (non-hydrogen) atoms. The lowest BCUT2D eigenvalue weighted by Gasteiger charge is -2.30. The number of nitrogens with one attached hydrogen (secondary N) is 1. The van der Waals surface area contributed by atoms with Crippen molar-refractivity contribution in [2.24, 2.45) is 0 Å². The van der Waals surface area contributed by atoms with Gasteiger partial charge in [0.05, 0.1) is 25.6 Å². The van der Waals surface area contributed by atoms with Crippen LogP contribution >= 0.6 is 0 Å². The summed E-state index contributed by atoms with van der Waals surface area (Å²) in [6, 6.07) is 16.2. The van der Waals surface area contributed by atoms with Crippen molar-refractivity contribution in [1.29, 1.82) is 0 Å². The number of rotatable bonds is 7. The number of morpholine rings is 1. The van der Waals surface area contributed by atoms with Gasteiger partial charge in [-0.2, -0.15) is 0 Å². The third kappa shape index (κ3) is 6.87. The summed E-state index contributed by atoms with van der Waals surface area (Å²) in [5, 5.41) is 6.93. The highest BCUT2D eigenvalue weighted by Gasteiger charge is 2.25. The molecule has 194 valence electrons. The molecule has 2 fully saturated rings. The van der Waals surface area contributed by atoms with E-state index in [0.29, 0.717) is 42.9 Å². The molecule has 3 heterocycles. The minimum absolute atomic E-state index is 0.00724. The number of hydrogen-bond donors (Lipinski definition) is 1. The molecule has 0 aliphatic carbocycles. The summed E-state index contributed by atoms with van der Waals surface area (Å²) in [5.74, 6) is 0.230. The van der Waals surface area contributed by atoms with Crippen molar-refractivity contribution in [2.75, 3.05) is 44.7 Å². The summed E-state index contributed by atoms with van der Waals surface area (Å²) >= 11 is 0. The molecule has 3 aromatic rings. The van der Waals surface area contributed by atoms with Crippen LogP contribution in [0.25, 0.3) is 0 Å². The van der Waals surface area contributed by atoms with Crippen molar-refractivity contribution in [3.63, 3.8) is 0 Å². The van der Waals surface area contributed by atoms with Gasteiger partial charge in [0.2, 0.25) is 0 Å². The lowest BCUT2D eigenvalue weighted by molar-refractivity contribution is -0.0162. The minimum Gasteiger partial charge on any atom is -0.410 e. The van der Waals surface area contributed by atoms with E-state index in [0.717, 1.165) is 32.8 Å². The number of nitrogens with zero attached hydrogens (tertiary/aromatic N) is 4. The Morgan fingerprint density at radius 2 is 1.70 bits per heavy atom. The summed E-state index contributed by atoms with van der Waals surface area (Å²) in [6.07, 6.45) is 4.42.